The molecule has 0 aliphatic rings. The maximum absolute atomic E-state index is 11.7. The summed E-state index contributed by atoms with van der Waals surface area (Å²) < 4.78 is 0. The van der Waals surface area contributed by atoms with Crippen molar-refractivity contribution in [2.45, 2.75) is 52.6 Å². The molecule has 0 aliphatic carbocycles. The van der Waals surface area contributed by atoms with Crippen molar-refractivity contribution in [3.8, 4) is 0 Å². The molecule has 1 amide bonds. The Kier molecular flexibility index (Phi) is 7.59. The van der Waals surface area contributed by atoms with Crippen LogP contribution in [-0.4, -0.2) is 47.6 Å². The molecule has 0 fully saturated rings. The van der Waals surface area contributed by atoms with Gasteiger partial charge in [0.05, 0.1) is 6.54 Å². The maximum Gasteiger partial charge on any atom is 0.320 e. The average Bonchev–Trinajstić information content (AvgIpc) is 2.24. The lowest BCUT2D eigenvalue weighted by Gasteiger charge is -2.22. The fourth-order valence-electron chi connectivity index (χ4n) is 1.53. The predicted octanol–water partition coefficient (Wildman–Crippen LogP) is 1.33. The van der Waals surface area contributed by atoms with Gasteiger partial charge in [0.25, 0.3) is 0 Å². The van der Waals surface area contributed by atoms with Crippen LogP contribution in [0.5, 0.6) is 0 Å². The van der Waals surface area contributed by atoms with Gasteiger partial charge in [-0.2, -0.15) is 0 Å². The number of nitrogens with zero attached hydrogens (tertiary/aromatic N) is 1. The predicted molar refractivity (Wildman–Crippen MR) is 71.4 cm³/mol. The lowest BCUT2D eigenvalue weighted by Crippen LogP contribution is -2.44. The molecule has 0 bridgehead atoms. The van der Waals surface area contributed by atoms with Gasteiger partial charge in [0.15, 0.2) is 0 Å². The third-order valence-electron chi connectivity index (χ3n) is 3.00. The normalized spacial score (nSPS) is 14.6. The minimum atomic E-state index is -0.918. The van der Waals surface area contributed by atoms with Crippen LogP contribution in [0.1, 0.15) is 40.5 Å². The zero-order valence-electron chi connectivity index (χ0n) is 12.1. The summed E-state index contributed by atoms with van der Waals surface area (Å²) in [6, 6.07) is -0.518. The Morgan fingerprint density at radius 3 is 2.17 bits per heavy atom. The van der Waals surface area contributed by atoms with Crippen molar-refractivity contribution in [2.24, 2.45) is 5.92 Å². The van der Waals surface area contributed by atoms with E-state index >= 15 is 0 Å². The Hall–Kier alpha value is -1.10. The standard InChI is InChI=1S/C13H26N2O3/c1-9(2)6-7-10(3)14-12(16)8-15(5)11(4)13(17)18/h9-11H,6-8H2,1-5H3,(H,14,16)(H,17,18). The minimum absolute atomic E-state index is 0.111. The number of hydrogen-bond donors (Lipinski definition) is 2. The Bertz CT molecular complexity index is 279. The first-order valence-electron chi connectivity index (χ1n) is 6.46. The van der Waals surface area contributed by atoms with Crippen molar-refractivity contribution in [2.75, 3.05) is 13.6 Å². The third kappa shape index (κ3) is 7.27. The van der Waals surface area contributed by atoms with E-state index in [1.807, 2.05) is 6.92 Å². The Morgan fingerprint density at radius 1 is 1.17 bits per heavy atom. The molecule has 2 atom stereocenters. The van der Waals surface area contributed by atoms with Gasteiger partial charge < -0.3 is 10.4 Å². The summed E-state index contributed by atoms with van der Waals surface area (Å²) in [6.07, 6.45) is 2.02. The van der Waals surface area contributed by atoms with E-state index in [1.54, 1.807) is 14.0 Å². The molecule has 2 N–H and O–H groups in total. The van der Waals surface area contributed by atoms with Gasteiger partial charge in [-0.3, -0.25) is 14.5 Å². The molecule has 18 heavy (non-hydrogen) atoms. The number of carboxylic acids is 1. The molecule has 0 aromatic rings. The molecule has 2 unspecified atom stereocenters. The van der Waals surface area contributed by atoms with Crippen molar-refractivity contribution in [3.05, 3.63) is 0 Å². The molecule has 0 aliphatic heterocycles. The van der Waals surface area contributed by atoms with Gasteiger partial charge in [-0.15, -0.1) is 0 Å². The molecule has 5 heteroatoms. The molecule has 0 rings (SSSR count). The molecular formula is C13H26N2O3. The molecule has 5 nitrogen and oxygen atoms in total. The first kappa shape index (κ1) is 16.9. The second kappa shape index (κ2) is 8.08. The average molecular weight is 258 g/mol. The van der Waals surface area contributed by atoms with Crippen LogP contribution >= 0.6 is 0 Å². The van der Waals surface area contributed by atoms with Gasteiger partial charge in [-0.1, -0.05) is 13.8 Å². The van der Waals surface area contributed by atoms with Crippen LogP contribution in [0.15, 0.2) is 0 Å². The molecule has 0 radical (unpaired) electrons. The highest BCUT2D eigenvalue weighted by Crippen LogP contribution is 2.06. The molecule has 106 valence electrons. The largest absolute Gasteiger partial charge is 0.480 e. The summed E-state index contributed by atoms with van der Waals surface area (Å²) in [5, 5.41) is 11.7. The minimum Gasteiger partial charge on any atom is -0.480 e. The number of amides is 1. The van der Waals surface area contributed by atoms with Gasteiger partial charge in [0.2, 0.25) is 5.91 Å². The Morgan fingerprint density at radius 2 is 1.72 bits per heavy atom. The lowest BCUT2D eigenvalue weighted by molar-refractivity contribution is -0.142. The number of carbonyl (C=O) groups is 2. The van der Waals surface area contributed by atoms with Crippen LogP contribution in [-0.2, 0) is 9.59 Å². The zero-order chi connectivity index (χ0) is 14.3. The topological polar surface area (TPSA) is 69.6 Å². The quantitative estimate of drug-likeness (QED) is 0.689. The number of carboxylic acid groups (broad SMARTS) is 1. The molecule has 0 saturated carbocycles. The van der Waals surface area contributed by atoms with Gasteiger partial charge in [0, 0.05) is 6.04 Å². The molecule has 0 aromatic carbocycles. The van der Waals surface area contributed by atoms with E-state index in [0.717, 1.165) is 12.8 Å². The maximum atomic E-state index is 11.7. The molecule has 0 heterocycles. The SMILES string of the molecule is CC(C)CCC(C)NC(=O)CN(C)C(C)C(=O)O. The smallest absolute Gasteiger partial charge is 0.320 e. The summed E-state index contributed by atoms with van der Waals surface area (Å²) in [5.74, 6) is -0.418. The summed E-state index contributed by atoms with van der Waals surface area (Å²) in [6.45, 7) is 7.95. The monoisotopic (exact) mass is 258 g/mol. The number of hydrogen-bond acceptors (Lipinski definition) is 3. The van der Waals surface area contributed by atoms with E-state index in [1.165, 1.54) is 4.90 Å². The van der Waals surface area contributed by atoms with Gasteiger partial charge in [-0.05, 0) is 39.7 Å². The van der Waals surface area contributed by atoms with Crippen molar-refractivity contribution >= 4 is 11.9 Å². The summed E-state index contributed by atoms with van der Waals surface area (Å²) in [7, 11) is 1.64. The summed E-state index contributed by atoms with van der Waals surface area (Å²) in [5.41, 5.74) is 0. The van der Waals surface area contributed by atoms with Crippen LogP contribution in [0.3, 0.4) is 0 Å². The van der Waals surface area contributed by atoms with E-state index < -0.39 is 12.0 Å². The first-order valence-corrected chi connectivity index (χ1v) is 6.46. The third-order valence-corrected chi connectivity index (χ3v) is 3.00. The number of nitrogens with one attached hydrogen (secondary N) is 1. The highest BCUT2D eigenvalue weighted by Gasteiger charge is 2.19. The van der Waals surface area contributed by atoms with E-state index in [2.05, 4.69) is 19.2 Å². The number of rotatable bonds is 8. The van der Waals surface area contributed by atoms with Gasteiger partial charge >= 0.3 is 5.97 Å². The van der Waals surface area contributed by atoms with Crippen molar-refractivity contribution in [1.29, 1.82) is 0 Å². The van der Waals surface area contributed by atoms with Crippen LogP contribution in [0.4, 0.5) is 0 Å². The fraction of sp³-hybridized carbons (Fsp3) is 0.846. The molecular weight excluding hydrogens is 232 g/mol. The Labute approximate surface area is 110 Å². The van der Waals surface area contributed by atoms with E-state index in [-0.39, 0.29) is 18.5 Å². The fourth-order valence-corrected chi connectivity index (χ4v) is 1.53. The number of aliphatic carboxylic acids is 1. The highest BCUT2D eigenvalue weighted by molar-refractivity contribution is 5.79. The van der Waals surface area contributed by atoms with Crippen molar-refractivity contribution in [3.63, 3.8) is 0 Å². The van der Waals surface area contributed by atoms with Crippen molar-refractivity contribution in [1.82, 2.24) is 10.2 Å². The highest BCUT2D eigenvalue weighted by atomic mass is 16.4. The molecule has 0 saturated heterocycles. The van der Waals surface area contributed by atoms with Crippen LogP contribution < -0.4 is 5.32 Å². The first-order chi connectivity index (χ1) is 8.23. The van der Waals surface area contributed by atoms with E-state index in [0.29, 0.717) is 5.92 Å². The van der Waals surface area contributed by atoms with Crippen LogP contribution in [0, 0.1) is 5.92 Å². The zero-order valence-corrected chi connectivity index (χ0v) is 12.1. The summed E-state index contributed by atoms with van der Waals surface area (Å²) >= 11 is 0. The van der Waals surface area contributed by atoms with Gasteiger partial charge in [-0.25, -0.2) is 0 Å². The van der Waals surface area contributed by atoms with Crippen LogP contribution in [0.2, 0.25) is 0 Å². The van der Waals surface area contributed by atoms with Gasteiger partial charge in [0.1, 0.15) is 6.04 Å². The second-order valence-corrected chi connectivity index (χ2v) is 5.37. The van der Waals surface area contributed by atoms with E-state index in [9.17, 15) is 9.59 Å². The Balaban J connectivity index is 3.99. The van der Waals surface area contributed by atoms with Crippen molar-refractivity contribution < 1.29 is 14.7 Å². The molecule has 0 spiro atoms. The number of likely N-dealkylation sites (N-methyl/N-ethyl adjacent to an activating group) is 1. The second-order valence-electron chi connectivity index (χ2n) is 5.37. The number of carbonyl (C=O) groups excluding carboxylic acids is 1. The molecule has 0 aromatic heterocycles. The summed E-state index contributed by atoms with van der Waals surface area (Å²) in [4.78, 5) is 24.0. The lowest BCUT2D eigenvalue weighted by atomic mass is 10.0. The van der Waals surface area contributed by atoms with E-state index in [4.69, 9.17) is 5.11 Å². The van der Waals surface area contributed by atoms with Crippen LogP contribution in [0.25, 0.3) is 0 Å².